The highest BCUT2D eigenvalue weighted by atomic mass is 16.5. The van der Waals surface area contributed by atoms with Crippen LogP contribution in [0.3, 0.4) is 0 Å². The van der Waals surface area contributed by atoms with Gasteiger partial charge in [-0.25, -0.2) is 4.79 Å². The summed E-state index contributed by atoms with van der Waals surface area (Å²) in [6, 6.07) is 13.4. The number of aromatic nitrogens is 1. The number of ether oxygens (including phenoxy) is 1. The molecular formula is C18H16N4O3. The van der Waals surface area contributed by atoms with Crippen LogP contribution in [0.15, 0.2) is 48.7 Å². The van der Waals surface area contributed by atoms with Crippen LogP contribution in [-0.2, 0) is 10.3 Å². The molecule has 7 nitrogen and oxygen atoms in total. The van der Waals surface area contributed by atoms with Crippen molar-refractivity contribution < 1.29 is 14.3 Å². The quantitative estimate of drug-likeness (QED) is 0.840. The van der Waals surface area contributed by atoms with E-state index in [0.717, 1.165) is 4.90 Å². The van der Waals surface area contributed by atoms with E-state index in [9.17, 15) is 9.59 Å². The van der Waals surface area contributed by atoms with Crippen LogP contribution in [0.4, 0.5) is 4.79 Å². The number of hydrogen-bond acceptors (Lipinski definition) is 5. The van der Waals surface area contributed by atoms with Gasteiger partial charge in [-0.1, -0.05) is 6.07 Å². The number of hydrogen-bond donors (Lipinski definition) is 1. The average Bonchev–Trinajstić information content (AvgIpc) is 2.87. The number of carbonyl (C=O) groups is 2. The fourth-order valence-corrected chi connectivity index (χ4v) is 2.61. The van der Waals surface area contributed by atoms with Gasteiger partial charge in [0.2, 0.25) is 0 Å². The minimum Gasteiger partial charge on any atom is -0.492 e. The van der Waals surface area contributed by atoms with Crippen molar-refractivity contribution in [2.45, 2.75) is 12.5 Å². The highest BCUT2D eigenvalue weighted by Crippen LogP contribution is 2.27. The van der Waals surface area contributed by atoms with Gasteiger partial charge in [-0.2, -0.15) is 5.26 Å². The van der Waals surface area contributed by atoms with Crippen molar-refractivity contribution in [2.75, 3.05) is 13.2 Å². The second-order valence-corrected chi connectivity index (χ2v) is 5.71. The Morgan fingerprint density at radius 3 is 2.64 bits per heavy atom. The molecule has 1 N–H and O–H groups in total. The fourth-order valence-electron chi connectivity index (χ4n) is 2.61. The predicted molar refractivity (Wildman–Crippen MR) is 88.5 cm³/mol. The van der Waals surface area contributed by atoms with Gasteiger partial charge in [-0.05, 0) is 43.3 Å². The maximum Gasteiger partial charge on any atom is 0.325 e. The van der Waals surface area contributed by atoms with Crippen molar-refractivity contribution in [3.8, 4) is 11.8 Å². The summed E-state index contributed by atoms with van der Waals surface area (Å²) in [7, 11) is 0. The lowest BCUT2D eigenvalue weighted by Gasteiger charge is -2.20. The van der Waals surface area contributed by atoms with Crippen molar-refractivity contribution in [1.82, 2.24) is 15.2 Å². The molecule has 0 aliphatic carbocycles. The number of urea groups is 1. The van der Waals surface area contributed by atoms with E-state index in [4.69, 9.17) is 10.00 Å². The summed E-state index contributed by atoms with van der Waals surface area (Å²) in [6.45, 7) is 1.91. The van der Waals surface area contributed by atoms with Crippen LogP contribution < -0.4 is 10.1 Å². The molecule has 1 atom stereocenters. The molecule has 1 aliphatic heterocycles. The molecule has 25 heavy (non-hydrogen) atoms. The molecule has 1 fully saturated rings. The zero-order chi connectivity index (χ0) is 17.9. The Hall–Kier alpha value is -3.40. The van der Waals surface area contributed by atoms with E-state index >= 15 is 0 Å². The fraction of sp³-hybridized carbons (Fsp3) is 0.222. The van der Waals surface area contributed by atoms with Crippen LogP contribution in [0.1, 0.15) is 18.2 Å². The molecule has 0 bridgehead atoms. The molecule has 7 heteroatoms. The Morgan fingerprint density at radius 2 is 2.00 bits per heavy atom. The minimum atomic E-state index is -1.17. The van der Waals surface area contributed by atoms with Gasteiger partial charge in [-0.15, -0.1) is 0 Å². The first kappa shape index (κ1) is 16.5. The molecule has 0 spiro atoms. The SMILES string of the molecule is CC1(c2ccccn2)NC(=O)N(CCOc2ccc(C#N)cc2)C1=O. The third kappa shape index (κ3) is 3.15. The monoisotopic (exact) mass is 336 g/mol. The smallest absolute Gasteiger partial charge is 0.325 e. The third-order valence-electron chi connectivity index (χ3n) is 4.02. The van der Waals surface area contributed by atoms with Crippen molar-refractivity contribution >= 4 is 11.9 Å². The first-order valence-corrected chi connectivity index (χ1v) is 7.73. The van der Waals surface area contributed by atoms with Gasteiger partial charge in [0.25, 0.3) is 5.91 Å². The molecule has 126 valence electrons. The summed E-state index contributed by atoms with van der Waals surface area (Å²) in [5, 5.41) is 11.5. The molecule has 0 saturated carbocycles. The molecule has 3 rings (SSSR count). The van der Waals surface area contributed by atoms with Crippen LogP contribution in [0.5, 0.6) is 5.75 Å². The molecule has 1 aromatic carbocycles. The van der Waals surface area contributed by atoms with Crippen molar-refractivity contribution in [3.05, 3.63) is 59.9 Å². The van der Waals surface area contributed by atoms with Crippen LogP contribution in [-0.4, -0.2) is 35.0 Å². The molecule has 1 unspecified atom stereocenters. The standard InChI is InChI=1S/C18H16N4O3/c1-18(15-4-2-3-9-20-15)16(23)22(17(24)21-18)10-11-25-14-7-5-13(12-19)6-8-14/h2-9H,10-11H2,1H3,(H,21,24). The van der Waals surface area contributed by atoms with Crippen molar-refractivity contribution in [1.29, 1.82) is 5.26 Å². The van der Waals surface area contributed by atoms with Crippen LogP contribution >= 0.6 is 0 Å². The molecule has 1 aliphatic rings. The number of nitriles is 1. The lowest BCUT2D eigenvalue weighted by atomic mass is 9.97. The number of amides is 3. The van der Waals surface area contributed by atoms with E-state index in [2.05, 4.69) is 10.3 Å². The number of carbonyl (C=O) groups excluding carboxylic acids is 2. The van der Waals surface area contributed by atoms with E-state index in [0.29, 0.717) is 17.0 Å². The number of imide groups is 1. The van der Waals surface area contributed by atoms with Gasteiger partial charge in [-0.3, -0.25) is 14.7 Å². The Morgan fingerprint density at radius 1 is 1.24 bits per heavy atom. The molecule has 1 aromatic heterocycles. The molecular weight excluding hydrogens is 320 g/mol. The van der Waals surface area contributed by atoms with E-state index < -0.39 is 11.6 Å². The zero-order valence-electron chi connectivity index (χ0n) is 13.6. The molecule has 2 aromatic rings. The summed E-state index contributed by atoms with van der Waals surface area (Å²) in [6.07, 6.45) is 1.58. The van der Waals surface area contributed by atoms with E-state index in [1.54, 1.807) is 55.6 Å². The van der Waals surface area contributed by atoms with Gasteiger partial charge in [0.15, 0.2) is 5.54 Å². The lowest BCUT2D eigenvalue weighted by molar-refractivity contribution is -0.131. The van der Waals surface area contributed by atoms with Crippen molar-refractivity contribution in [2.24, 2.45) is 0 Å². The average molecular weight is 336 g/mol. The molecule has 1 saturated heterocycles. The Bertz CT molecular complexity index is 830. The predicted octanol–water partition coefficient (Wildman–Crippen LogP) is 1.80. The van der Waals surface area contributed by atoms with Gasteiger partial charge in [0.1, 0.15) is 12.4 Å². The Labute approximate surface area is 144 Å². The maximum atomic E-state index is 12.7. The maximum absolute atomic E-state index is 12.7. The van der Waals surface area contributed by atoms with Crippen molar-refractivity contribution in [3.63, 3.8) is 0 Å². The highest BCUT2D eigenvalue weighted by Gasteiger charge is 2.49. The zero-order valence-corrected chi connectivity index (χ0v) is 13.6. The minimum absolute atomic E-state index is 0.118. The number of nitrogens with one attached hydrogen (secondary N) is 1. The summed E-state index contributed by atoms with van der Waals surface area (Å²) in [5.41, 5.74) is -0.149. The Balaban J connectivity index is 1.64. The molecule has 3 amide bonds. The van der Waals surface area contributed by atoms with E-state index in [-0.39, 0.29) is 19.1 Å². The van der Waals surface area contributed by atoms with Crippen LogP contribution in [0.2, 0.25) is 0 Å². The number of nitrogens with zero attached hydrogens (tertiary/aromatic N) is 3. The van der Waals surface area contributed by atoms with Gasteiger partial charge in [0, 0.05) is 6.20 Å². The summed E-state index contributed by atoms with van der Waals surface area (Å²) in [4.78, 5) is 30.1. The number of pyridine rings is 1. The summed E-state index contributed by atoms with van der Waals surface area (Å²) < 4.78 is 5.54. The number of rotatable bonds is 5. The largest absolute Gasteiger partial charge is 0.492 e. The Kier molecular flexibility index (Phi) is 4.35. The van der Waals surface area contributed by atoms with Crippen LogP contribution in [0, 0.1) is 11.3 Å². The summed E-state index contributed by atoms with van der Waals surface area (Å²) in [5.74, 6) is 0.207. The van der Waals surface area contributed by atoms with Gasteiger partial charge in [0.05, 0.1) is 23.9 Å². The second-order valence-electron chi connectivity index (χ2n) is 5.71. The first-order chi connectivity index (χ1) is 12.0. The van der Waals surface area contributed by atoms with Gasteiger partial charge < -0.3 is 10.1 Å². The topological polar surface area (TPSA) is 95.3 Å². The van der Waals surface area contributed by atoms with E-state index in [1.807, 2.05) is 6.07 Å². The number of benzene rings is 1. The normalized spacial score (nSPS) is 19.4. The summed E-state index contributed by atoms with van der Waals surface area (Å²) >= 11 is 0. The lowest BCUT2D eigenvalue weighted by Crippen LogP contribution is -2.42. The van der Waals surface area contributed by atoms with Crippen LogP contribution in [0.25, 0.3) is 0 Å². The van der Waals surface area contributed by atoms with Gasteiger partial charge >= 0.3 is 6.03 Å². The highest BCUT2D eigenvalue weighted by molar-refractivity contribution is 6.06. The first-order valence-electron chi connectivity index (χ1n) is 7.73. The third-order valence-corrected chi connectivity index (χ3v) is 4.02. The van der Waals surface area contributed by atoms with E-state index in [1.165, 1.54) is 0 Å². The molecule has 2 heterocycles. The second kappa shape index (κ2) is 6.61. The molecule has 0 radical (unpaired) electrons.